The van der Waals surface area contributed by atoms with Crippen molar-refractivity contribution in [1.82, 2.24) is 0 Å². The minimum Gasteiger partial charge on any atom is -0.469 e. The zero-order valence-electron chi connectivity index (χ0n) is 9.36. The molecule has 1 rings (SSSR count). The molecule has 0 amide bonds. The fraction of sp³-hybridized carbons (Fsp3) is 0.333. The molecule has 1 aromatic carbocycles. The van der Waals surface area contributed by atoms with Gasteiger partial charge in [-0.05, 0) is 17.7 Å². The van der Waals surface area contributed by atoms with E-state index in [1.165, 1.54) is 7.11 Å². The molecule has 0 unspecified atom stereocenters. The summed E-state index contributed by atoms with van der Waals surface area (Å²) < 4.78 is 9.54. The average Bonchev–Trinajstić information content (AvgIpc) is 2.31. The van der Waals surface area contributed by atoms with E-state index in [9.17, 15) is 9.59 Å². The van der Waals surface area contributed by atoms with Gasteiger partial charge in [0.2, 0.25) is 0 Å². The number of carbonyl (C=O) groups is 2. The second-order valence-electron chi connectivity index (χ2n) is 3.22. The van der Waals surface area contributed by atoms with Crippen LogP contribution in [-0.2, 0) is 20.7 Å². The van der Waals surface area contributed by atoms with Crippen molar-refractivity contribution < 1.29 is 19.1 Å². The van der Waals surface area contributed by atoms with E-state index < -0.39 is 0 Å². The lowest BCUT2D eigenvalue weighted by molar-refractivity contribution is -0.139. The standard InChI is InChI=1S/C12H14O4/c1-3-11(13)16-10-6-4-9(5-7-10)8-12(14)15-2/h4-7H,3,8H2,1-2H3. The van der Waals surface area contributed by atoms with Gasteiger partial charge in [-0.25, -0.2) is 0 Å². The highest BCUT2D eigenvalue weighted by Gasteiger charge is 2.04. The Bertz CT molecular complexity index is 330. The van der Waals surface area contributed by atoms with Gasteiger partial charge in [-0.3, -0.25) is 9.59 Å². The summed E-state index contributed by atoms with van der Waals surface area (Å²) >= 11 is 0. The third-order valence-electron chi connectivity index (χ3n) is 2.02. The predicted molar refractivity (Wildman–Crippen MR) is 58.1 cm³/mol. The number of carbonyl (C=O) groups excluding carboxylic acids is 2. The van der Waals surface area contributed by atoms with E-state index in [0.717, 1.165) is 5.56 Å². The Balaban J connectivity index is 2.60. The van der Waals surface area contributed by atoms with Gasteiger partial charge in [0.25, 0.3) is 0 Å². The maximum Gasteiger partial charge on any atom is 0.310 e. The van der Waals surface area contributed by atoms with Gasteiger partial charge in [0, 0.05) is 6.42 Å². The molecule has 0 heterocycles. The molecule has 0 aliphatic heterocycles. The summed E-state index contributed by atoms with van der Waals surface area (Å²) in [6.07, 6.45) is 0.558. The van der Waals surface area contributed by atoms with E-state index in [4.69, 9.17) is 4.74 Å². The molecule has 0 bridgehead atoms. The van der Waals surface area contributed by atoms with Crippen molar-refractivity contribution in [2.75, 3.05) is 7.11 Å². The van der Waals surface area contributed by atoms with Crippen LogP contribution in [-0.4, -0.2) is 19.0 Å². The number of methoxy groups -OCH3 is 1. The number of rotatable bonds is 4. The zero-order chi connectivity index (χ0) is 12.0. The molecule has 0 radical (unpaired) electrons. The van der Waals surface area contributed by atoms with Crippen LogP contribution in [0.1, 0.15) is 18.9 Å². The third-order valence-corrected chi connectivity index (χ3v) is 2.02. The first-order chi connectivity index (χ1) is 7.65. The molecule has 0 N–H and O–H groups in total. The second-order valence-corrected chi connectivity index (χ2v) is 3.22. The molecule has 0 saturated carbocycles. The largest absolute Gasteiger partial charge is 0.469 e. The van der Waals surface area contributed by atoms with Crippen LogP contribution in [0.2, 0.25) is 0 Å². The molecule has 16 heavy (non-hydrogen) atoms. The Kier molecular flexibility index (Phi) is 4.51. The summed E-state index contributed by atoms with van der Waals surface area (Å²) in [6.45, 7) is 1.73. The van der Waals surface area contributed by atoms with Gasteiger partial charge < -0.3 is 9.47 Å². The maximum absolute atomic E-state index is 11.0. The van der Waals surface area contributed by atoms with Crippen LogP contribution in [0.3, 0.4) is 0 Å². The lowest BCUT2D eigenvalue weighted by Crippen LogP contribution is -2.06. The topological polar surface area (TPSA) is 52.6 Å². The summed E-state index contributed by atoms with van der Waals surface area (Å²) in [6, 6.07) is 6.78. The lowest BCUT2D eigenvalue weighted by atomic mass is 10.1. The summed E-state index contributed by atoms with van der Waals surface area (Å²) in [5.41, 5.74) is 0.822. The van der Waals surface area contributed by atoms with Crippen LogP contribution in [0.5, 0.6) is 5.75 Å². The number of benzene rings is 1. The summed E-state index contributed by atoms with van der Waals surface area (Å²) in [4.78, 5) is 22.0. The first-order valence-electron chi connectivity index (χ1n) is 5.02. The van der Waals surface area contributed by atoms with E-state index in [1.54, 1.807) is 31.2 Å². The van der Waals surface area contributed by atoms with Gasteiger partial charge in [-0.15, -0.1) is 0 Å². The fourth-order valence-corrected chi connectivity index (χ4v) is 1.12. The second kappa shape index (κ2) is 5.90. The Labute approximate surface area is 94.2 Å². The Morgan fingerprint density at radius 3 is 2.25 bits per heavy atom. The van der Waals surface area contributed by atoms with Gasteiger partial charge in [0.15, 0.2) is 0 Å². The molecule has 4 nitrogen and oxygen atoms in total. The quantitative estimate of drug-likeness (QED) is 0.575. The third kappa shape index (κ3) is 3.73. The molecule has 0 saturated heterocycles. The van der Waals surface area contributed by atoms with Crippen molar-refractivity contribution in [3.05, 3.63) is 29.8 Å². The normalized spacial score (nSPS) is 9.62. The highest BCUT2D eigenvalue weighted by Crippen LogP contribution is 2.13. The van der Waals surface area contributed by atoms with E-state index in [1.807, 2.05) is 0 Å². The summed E-state index contributed by atoms with van der Waals surface area (Å²) in [5.74, 6) is -0.0838. The highest BCUT2D eigenvalue weighted by molar-refractivity contribution is 5.73. The maximum atomic E-state index is 11.0. The van der Waals surface area contributed by atoms with Crippen LogP contribution in [0.4, 0.5) is 0 Å². The SMILES string of the molecule is CCC(=O)Oc1ccc(CC(=O)OC)cc1. The van der Waals surface area contributed by atoms with Gasteiger partial charge in [0.1, 0.15) is 5.75 Å². The van der Waals surface area contributed by atoms with Crippen LogP contribution in [0.15, 0.2) is 24.3 Å². The molecule has 0 aliphatic rings. The zero-order valence-corrected chi connectivity index (χ0v) is 9.36. The van der Waals surface area contributed by atoms with Crippen molar-refractivity contribution in [2.24, 2.45) is 0 Å². The molecule has 0 aromatic heterocycles. The molecule has 86 valence electrons. The van der Waals surface area contributed by atoms with Gasteiger partial charge in [0.05, 0.1) is 13.5 Å². The molecule has 0 fully saturated rings. The first kappa shape index (κ1) is 12.2. The Morgan fingerprint density at radius 1 is 1.12 bits per heavy atom. The van der Waals surface area contributed by atoms with Crippen LogP contribution in [0.25, 0.3) is 0 Å². The Hall–Kier alpha value is -1.84. The van der Waals surface area contributed by atoms with Crippen LogP contribution >= 0.6 is 0 Å². The van der Waals surface area contributed by atoms with E-state index in [-0.39, 0.29) is 18.4 Å². The highest BCUT2D eigenvalue weighted by atomic mass is 16.5. The van der Waals surface area contributed by atoms with E-state index >= 15 is 0 Å². The fourth-order valence-electron chi connectivity index (χ4n) is 1.12. The summed E-state index contributed by atoms with van der Waals surface area (Å²) in [7, 11) is 1.35. The van der Waals surface area contributed by atoms with Crippen LogP contribution < -0.4 is 4.74 Å². The molecule has 0 atom stereocenters. The van der Waals surface area contributed by atoms with Crippen LogP contribution in [0, 0.1) is 0 Å². The van der Waals surface area contributed by atoms with Crippen molar-refractivity contribution in [2.45, 2.75) is 19.8 Å². The van der Waals surface area contributed by atoms with Gasteiger partial charge in [-0.1, -0.05) is 19.1 Å². The molecular weight excluding hydrogens is 208 g/mol. The number of ether oxygens (including phenoxy) is 2. The average molecular weight is 222 g/mol. The Morgan fingerprint density at radius 2 is 1.75 bits per heavy atom. The minimum absolute atomic E-state index is 0.221. The van der Waals surface area contributed by atoms with Crippen molar-refractivity contribution in [1.29, 1.82) is 0 Å². The molecule has 0 aliphatic carbocycles. The monoisotopic (exact) mass is 222 g/mol. The molecule has 1 aromatic rings. The number of esters is 2. The van der Waals surface area contributed by atoms with Crippen molar-refractivity contribution in [3.8, 4) is 5.75 Å². The molecular formula is C12H14O4. The van der Waals surface area contributed by atoms with E-state index in [2.05, 4.69) is 4.74 Å². The molecule has 4 heteroatoms. The molecule has 0 spiro atoms. The van der Waals surface area contributed by atoms with E-state index in [0.29, 0.717) is 12.2 Å². The summed E-state index contributed by atoms with van der Waals surface area (Å²) in [5, 5.41) is 0. The lowest BCUT2D eigenvalue weighted by Gasteiger charge is -2.04. The minimum atomic E-state index is -0.293. The first-order valence-corrected chi connectivity index (χ1v) is 5.02. The van der Waals surface area contributed by atoms with Gasteiger partial charge >= 0.3 is 11.9 Å². The number of hydrogen-bond donors (Lipinski definition) is 0. The smallest absolute Gasteiger partial charge is 0.310 e. The number of hydrogen-bond acceptors (Lipinski definition) is 4. The van der Waals surface area contributed by atoms with Crippen molar-refractivity contribution >= 4 is 11.9 Å². The van der Waals surface area contributed by atoms with Crippen molar-refractivity contribution in [3.63, 3.8) is 0 Å². The van der Waals surface area contributed by atoms with Gasteiger partial charge in [-0.2, -0.15) is 0 Å². The predicted octanol–water partition coefficient (Wildman–Crippen LogP) is 1.72.